The van der Waals surface area contributed by atoms with Crippen molar-refractivity contribution in [2.75, 3.05) is 6.61 Å². The van der Waals surface area contributed by atoms with E-state index in [1.807, 2.05) is 0 Å². The summed E-state index contributed by atoms with van der Waals surface area (Å²) in [7, 11) is 0. The molecule has 0 fully saturated rings. The molecule has 0 aromatic heterocycles. The number of carbonyl (C=O) groups excluding carboxylic acids is 5. The lowest BCUT2D eigenvalue weighted by Crippen LogP contribution is -2.57. The number of carbonyl (C=O) groups is 5. The summed E-state index contributed by atoms with van der Waals surface area (Å²) in [6.45, 7) is 3.55. The summed E-state index contributed by atoms with van der Waals surface area (Å²) in [5.41, 5.74) is 0. The molecule has 10 nitrogen and oxygen atoms in total. The monoisotopic (exact) mass is 381 g/mol. The summed E-state index contributed by atoms with van der Waals surface area (Å²) in [5, 5.41) is 11.2. The van der Waals surface area contributed by atoms with Gasteiger partial charge in [-0.15, -0.1) is 0 Å². The minimum Gasteiger partial charge on any atom is -0.463 e. The zero-order valence-electron chi connectivity index (χ0n) is 14.1. The molecular formula is C14H20ClNO9. The Kier molecular flexibility index (Phi) is 9.69. The second-order valence-electron chi connectivity index (χ2n) is 5.00. The molecule has 0 aromatic rings. The molecule has 0 aromatic carbocycles. The van der Waals surface area contributed by atoms with Gasteiger partial charge in [0.2, 0.25) is 11.1 Å². The number of nitrogens with one attached hydrogen (secondary N) is 1. The molecule has 0 unspecified atom stereocenters. The van der Waals surface area contributed by atoms with Gasteiger partial charge < -0.3 is 24.6 Å². The lowest BCUT2D eigenvalue weighted by molar-refractivity contribution is -0.183. The van der Waals surface area contributed by atoms with Crippen LogP contribution in [0.15, 0.2) is 0 Å². The molecule has 0 rings (SSSR count). The molecule has 0 aliphatic rings. The molecule has 4 atom stereocenters. The molecule has 0 heterocycles. The maximum absolute atomic E-state index is 11.6. The quantitative estimate of drug-likeness (QED) is 0.293. The maximum Gasteiger partial charge on any atom is 0.303 e. The van der Waals surface area contributed by atoms with E-state index in [0.29, 0.717) is 0 Å². The van der Waals surface area contributed by atoms with Gasteiger partial charge in [-0.25, -0.2) is 0 Å². The van der Waals surface area contributed by atoms with Crippen LogP contribution in [-0.2, 0) is 38.2 Å². The zero-order chi connectivity index (χ0) is 19.7. The molecule has 11 heteroatoms. The summed E-state index contributed by atoms with van der Waals surface area (Å²) >= 11 is 5.43. The first-order valence-electron chi connectivity index (χ1n) is 7.08. The molecule has 0 aliphatic heterocycles. The van der Waals surface area contributed by atoms with Gasteiger partial charge >= 0.3 is 17.9 Å². The van der Waals surface area contributed by atoms with Crippen LogP contribution in [0, 0.1) is 0 Å². The first kappa shape index (κ1) is 22.8. The summed E-state index contributed by atoms with van der Waals surface area (Å²) in [5.74, 6) is -3.19. The predicted molar refractivity (Wildman–Crippen MR) is 82.2 cm³/mol. The highest BCUT2D eigenvalue weighted by atomic mass is 35.5. The molecule has 0 spiro atoms. The lowest BCUT2D eigenvalue weighted by Gasteiger charge is -2.33. The highest BCUT2D eigenvalue weighted by molar-refractivity contribution is 6.65. The van der Waals surface area contributed by atoms with Gasteiger partial charge in [0.05, 0.1) is 0 Å². The van der Waals surface area contributed by atoms with Crippen LogP contribution in [0.2, 0.25) is 0 Å². The fourth-order valence-electron chi connectivity index (χ4n) is 1.86. The van der Waals surface area contributed by atoms with Gasteiger partial charge in [-0.3, -0.25) is 24.0 Å². The maximum atomic E-state index is 11.6. The topological polar surface area (TPSA) is 145 Å². The zero-order valence-corrected chi connectivity index (χ0v) is 14.9. The minimum atomic E-state index is -1.66. The Hall–Kier alpha value is -2.20. The van der Waals surface area contributed by atoms with Crippen LogP contribution < -0.4 is 5.32 Å². The molecule has 25 heavy (non-hydrogen) atoms. The number of aliphatic hydroxyl groups excluding tert-OH is 1. The number of amides is 1. The Balaban J connectivity index is 5.74. The van der Waals surface area contributed by atoms with Gasteiger partial charge in [0.1, 0.15) is 18.8 Å². The number of hydrogen-bond acceptors (Lipinski definition) is 9. The van der Waals surface area contributed by atoms with Crippen molar-refractivity contribution in [2.45, 2.75) is 52.0 Å². The second kappa shape index (κ2) is 10.6. The third-order valence-corrected chi connectivity index (χ3v) is 2.93. The summed E-state index contributed by atoms with van der Waals surface area (Å²) < 4.78 is 14.4. The van der Waals surface area contributed by atoms with E-state index in [0.717, 1.165) is 27.7 Å². The van der Waals surface area contributed by atoms with Gasteiger partial charge in [0.15, 0.2) is 12.2 Å². The smallest absolute Gasteiger partial charge is 0.303 e. The van der Waals surface area contributed by atoms with E-state index in [-0.39, 0.29) is 0 Å². The molecule has 0 saturated carbocycles. The number of hydrogen-bond donors (Lipinski definition) is 2. The summed E-state index contributed by atoms with van der Waals surface area (Å²) in [6, 6.07) is -1.61. The molecular weight excluding hydrogens is 362 g/mol. The predicted octanol–water partition coefficient (Wildman–Crippen LogP) is -0.956. The second-order valence-corrected chi connectivity index (χ2v) is 5.37. The van der Waals surface area contributed by atoms with E-state index >= 15 is 0 Å². The molecule has 0 radical (unpaired) electrons. The van der Waals surface area contributed by atoms with Crippen molar-refractivity contribution in [1.29, 1.82) is 0 Å². The Bertz CT molecular complexity index is 536. The standard InChI is InChI=1S/C14H20ClNO9/c1-6(17)16-11(14(15)22)13(25-9(4)20)12(24-8(3)19)10(21)5-23-7(2)18/h10-13,21H,5H2,1-4H3,(H,16,17)/t10-,11-,12+,13-/m0/s1. The van der Waals surface area contributed by atoms with Gasteiger partial charge in [-0.05, 0) is 11.6 Å². The van der Waals surface area contributed by atoms with Crippen molar-refractivity contribution in [2.24, 2.45) is 0 Å². The van der Waals surface area contributed by atoms with Crippen LogP contribution in [0.1, 0.15) is 27.7 Å². The van der Waals surface area contributed by atoms with Crippen molar-refractivity contribution in [3.63, 3.8) is 0 Å². The van der Waals surface area contributed by atoms with Crippen molar-refractivity contribution < 1.29 is 43.3 Å². The molecule has 0 saturated heterocycles. The van der Waals surface area contributed by atoms with Crippen LogP contribution in [0.3, 0.4) is 0 Å². The minimum absolute atomic E-state index is 0.617. The van der Waals surface area contributed by atoms with Crippen molar-refractivity contribution in [3.8, 4) is 0 Å². The molecule has 0 aliphatic carbocycles. The van der Waals surface area contributed by atoms with Crippen molar-refractivity contribution in [3.05, 3.63) is 0 Å². The highest BCUT2D eigenvalue weighted by Gasteiger charge is 2.43. The number of aliphatic hydroxyl groups is 1. The number of rotatable bonds is 9. The summed E-state index contributed by atoms with van der Waals surface area (Å²) in [6.07, 6.45) is -4.95. The van der Waals surface area contributed by atoms with E-state index in [1.165, 1.54) is 0 Å². The van der Waals surface area contributed by atoms with E-state index < -0.39 is 60.0 Å². The van der Waals surface area contributed by atoms with Crippen molar-refractivity contribution >= 4 is 40.7 Å². The Morgan fingerprint density at radius 3 is 1.76 bits per heavy atom. The van der Waals surface area contributed by atoms with Gasteiger partial charge in [0, 0.05) is 27.7 Å². The SMILES string of the molecule is CC(=O)N[C@H](C(=O)Cl)[C@H](OC(C)=O)[C@H](OC(C)=O)[C@@H](O)COC(C)=O. The average molecular weight is 382 g/mol. The van der Waals surface area contributed by atoms with Crippen molar-refractivity contribution in [1.82, 2.24) is 5.32 Å². The third-order valence-electron chi connectivity index (χ3n) is 2.70. The average Bonchev–Trinajstić information content (AvgIpc) is 2.45. The molecule has 0 bridgehead atoms. The van der Waals surface area contributed by atoms with Crippen LogP contribution in [0.25, 0.3) is 0 Å². The molecule has 2 N–H and O–H groups in total. The van der Waals surface area contributed by atoms with Crippen LogP contribution >= 0.6 is 11.6 Å². The lowest BCUT2D eigenvalue weighted by atomic mass is 10.0. The Morgan fingerprint density at radius 2 is 1.40 bits per heavy atom. The summed E-state index contributed by atoms with van der Waals surface area (Å²) in [4.78, 5) is 56.4. The van der Waals surface area contributed by atoms with Crippen LogP contribution in [-0.4, -0.2) is 65.1 Å². The number of esters is 3. The Labute approximate surface area is 148 Å². The van der Waals surface area contributed by atoms with E-state index in [9.17, 15) is 29.1 Å². The third kappa shape index (κ3) is 9.01. The van der Waals surface area contributed by atoms with E-state index in [2.05, 4.69) is 10.1 Å². The normalized spacial score (nSPS) is 15.1. The van der Waals surface area contributed by atoms with E-state index in [4.69, 9.17) is 21.1 Å². The van der Waals surface area contributed by atoms with Crippen LogP contribution in [0.4, 0.5) is 0 Å². The highest BCUT2D eigenvalue weighted by Crippen LogP contribution is 2.17. The molecule has 1 amide bonds. The van der Waals surface area contributed by atoms with Crippen LogP contribution in [0.5, 0.6) is 0 Å². The first-order chi connectivity index (χ1) is 11.5. The van der Waals surface area contributed by atoms with Gasteiger partial charge in [-0.1, -0.05) is 0 Å². The Morgan fingerprint density at radius 1 is 0.920 bits per heavy atom. The molecule has 142 valence electrons. The largest absolute Gasteiger partial charge is 0.463 e. The fourth-order valence-corrected chi connectivity index (χ4v) is 2.04. The van der Waals surface area contributed by atoms with Gasteiger partial charge in [0.25, 0.3) is 0 Å². The fraction of sp³-hybridized carbons (Fsp3) is 0.643. The van der Waals surface area contributed by atoms with E-state index in [1.54, 1.807) is 0 Å². The first-order valence-corrected chi connectivity index (χ1v) is 7.45. The van der Waals surface area contributed by atoms with Gasteiger partial charge in [-0.2, -0.15) is 0 Å². The number of halogens is 1. The number of ether oxygens (including phenoxy) is 3.